The minimum Gasteiger partial charge on any atom is -0.368 e. The van der Waals surface area contributed by atoms with Crippen molar-refractivity contribution in [2.24, 2.45) is 17.6 Å². The SMILES string of the molecule is CC(C)NC(C)(CN1C(=O)C2CC2C1=O)C(N)=O. The molecule has 1 saturated heterocycles. The summed E-state index contributed by atoms with van der Waals surface area (Å²) in [5.74, 6) is -1.18. The van der Waals surface area contributed by atoms with Crippen molar-refractivity contribution in [3.05, 3.63) is 0 Å². The summed E-state index contributed by atoms with van der Waals surface area (Å²) in [6, 6.07) is 0.0323. The summed E-state index contributed by atoms with van der Waals surface area (Å²) < 4.78 is 0. The first-order chi connectivity index (χ1) is 8.26. The van der Waals surface area contributed by atoms with Gasteiger partial charge in [-0.25, -0.2) is 0 Å². The van der Waals surface area contributed by atoms with E-state index in [0.717, 1.165) is 0 Å². The number of carbonyl (C=O) groups is 3. The van der Waals surface area contributed by atoms with Crippen molar-refractivity contribution < 1.29 is 14.4 Å². The van der Waals surface area contributed by atoms with E-state index < -0.39 is 11.4 Å². The van der Waals surface area contributed by atoms with E-state index in [4.69, 9.17) is 5.73 Å². The Bertz CT molecular complexity index is 401. The molecule has 0 spiro atoms. The van der Waals surface area contributed by atoms with Crippen LogP contribution in [0.15, 0.2) is 0 Å². The number of likely N-dealkylation sites (tertiary alicyclic amines) is 1. The van der Waals surface area contributed by atoms with E-state index >= 15 is 0 Å². The number of nitrogens with two attached hydrogens (primary N) is 1. The third-order valence-electron chi connectivity index (χ3n) is 3.58. The van der Waals surface area contributed by atoms with Crippen molar-refractivity contribution in [2.45, 2.75) is 38.8 Å². The summed E-state index contributed by atoms with van der Waals surface area (Å²) in [6.07, 6.45) is 0.666. The molecule has 0 aromatic rings. The van der Waals surface area contributed by atoms with Gasteiger partial charge in [-0.3, -0.25) is 24.6 Å². The van der Waals surface area contributed by atoms with E-state index in [1.54, 1.807) is 6.92 Å². The van der Waals surface area contributed by atoms with Crippen LogP contribution in [0.2, 0.25) is 0 Å². The first kappa shape index (κ1) is 13.0. The molecule has 3 amide bonds. The zero-order valence-electron chi connectivity index (χ0n) is 10.9. The molecule has 2 aliphatic rings. The lowest BCUT2D eigenvalue weighted by Crippen LogP contribution is -2.62. The second-order valence-electron chi connectivity index (χ2n) is 5.71. The van der Waals surface area contributed by atoms with Gasteiger partial charge in [-0.2, -0.15) is 0 Å². The third-order valence-corrected chi connectivity index (χ3v) is 3.58. The highest BCUT2D eigenvalue weighted by Gasteiger charge is 2.59. The van der Waals surface area contributed by atoms with Crippen LogP contribution in [0.5, 0.6) is 0 Å². The van der Waals surface area contributed by atoms with Gasteiger partial charge in [-0.1, -0.05) is 0 Å². The molecule has 18 heavy (non-hydrogen) atoms. The van der Waals surface area contributed by atoms with Crippen molar-refractivity contribution >= 4 is 17.7 Å². The number of imide groups is 1. The Balaban J connectivity index is 2.12. The molecule has 0 radical (unpaired) electrons. The van der Waals surface area contributed by atoms with Gasteiger partial charge in [-0.15, -0.1) is 0 Å². The van der Waals surface area contributed by atoms with Gasteiger partial charge in [0.2, 0.25) is 17.7 Å². The number of hydrogen-bond donors (Lipinski definition) is 2. The maximum Gasteiger partial charge on any atom is 0.239 e. The van der Waals surface area contributed by atoms with E-state index in [1.165, 1.54) is 4.90 Å². The van der Waals surface area contributed by atoms with Crippen LogP contribution in [0.3, 0.4) is 0 Å². The second kappa shape index (κ2) is 4.05. The highest BCUT2D eigenvalue weighted by molar-refractivity contribution is 6.09. The van der Waals surface area contributed by atoms with Crippen LogP contribution < -0.4 is 11.1 Å². The number of hydrogen-bond acceptors (Lipinski definition) is 4. The van der Waals surface area contributed by atoms with Crippen LogP contribution in [-0.4, -0.2) is 40.7 Å². The summed E-state index contributed by atoms with van der Waals surface area (Å²) in [4.78, 5) is 36.5. The van der Waals surface area contributed by atoms with Crippen LogP contribution in [0.25, 0.3) is 0 Å². The minimum atomic E-state index is -1.07. The molecule has 1 aliphatic heterocycles. The fraction of sp³-hybridized carbons (Fsp3) is 0.750. The largest absolute Gasteiger partial charge is 0.368 e. The topological polar surface area (TPSA) is 92.5 Å². The predicted molar refractivity (Wildman–Crippen MR) is 64.2 cm³/mol. The average molecular weight is 253 g/mol. The lowest BCUT2D eigenvalue weighted by molar-refractivity contribution is -0.143. The fourth-order valence-corrected chi connectivity index (χ4v) is 2.55. The summed E-state index contributed by atoms with van der Waals surface area (Å²) in [6.45, 7) is 5.41. The average Bonchev–Trinajstić information content (AvgIpc) is 2.98. The van der Waals surface area contributed by atoms with Crippen LogP contribution >= 0.6 is 0 Å². The maximum absolute atomic E-state index is 11.9. The van der Waals surface area contributed by atoms with Crippen LogP contribution in [0, 0.1) is 11.8 Å². The third kappa shape index (κ3) is 2.01. The molecule has 1 aliphatic carbocycles. The Morgan fingerprint density at radius 2 is 1.94 bits per heavy atom. The molecule has 3 N–H and O–H groups in total. The summed E-state index contributed by atoms with van der Waals surface area (Å²) in [5.41, 5.74) is 4.31. The molecule has 3 atom stereocenters. The lowest BCUT2D eigenvalue weighted by atomic mass is 9.99. The highest BCUT2D eigenvalue weighted by atomic mass is 16.2. The number of primary amides is 1. The van der Waals surface area contributed by atoms with E-state index in [9.17, 15) is 14.4 Å². The van der Waals surface area contributed by atoms with E-state index in [0.29, 0.717) is 6.42 Å². The monoisotopic (exact) mass is 253 g/mol. The molecule has 0 bridgehead atoms. The number of amides is 3. The molecule has 6 nitrogen and oxygen atoms in total. The van der Waals surface area contributed by atoms with Crippen molar-refractivity contribution in [1.82, 2.24) is 10.2 Å². The van der Waals surface area contributed by atoms with Gasteiger partial charge in [-0.05, 0) is 27.2 Å². The van der Waals surface area contributed by atoms with Crippen LogP contribution in [-0.2, 0) is 14.4 Å². The van der Waals surface area contributed by atoms with Crippen LogP contribution in [0.1, 0.15) is 27.2 Å². The van der Waals surface area contributed by atoms with Gasteiger partial charge in [0.25, 0.3) is 0 Å². The minimum absolute atomic E-state index is 0.0190. The van der Waals surface area contributed by atoms with Crippen molar-refractivity contribution in [3.63, 3.8) is 0 Å². The molecule has 1 heterocycles. The molecule has 100 valence electrons. The fourth-order valence-electron chi connectivity index (χ4n) is 2.55. The van der Waals surface area contributed by atoms with E-state index in [1.807, 2.05) is 13.8 Å². The van der Waals surface area contributed by atoms with Gasteiger partial charge in [0.15, 0.2) is 0 Å². The van der Waals surface area contributed by atoms with Gasteiger partial charge >= 0.3 is 0 Å². The van der Waals surface area contributed by atoms with Gasteiger partial charge in [0.1, 0.15) is 5.54 Å². The zero-order valence-corrected chi connectivity index (χ0v) is 10.9. The predicted octanol–water partition coefficient (Wildman–Crippen LogP) is -0.767. The molecule has 2 rings (SSSR count). The quantitative estimate of drug-likeness (QED) is 0.629. The van der Waals surface area contributed by atoms with Crippen molar-refractivity contribution in [1.29, 1.82) is 0 Å². The van der Waals surface area contributed by atoms with Gasteiger partial charge in [0.05, 0.1) is 18.4 Å². The van der Waals surface area contributed by atoms with Crippen molar-refractivity contribution in [3.8, 4) is 0 Å². The second-order valence-corrected chi connectivity index (χ2v) is 5.71. The number of rotatable bonds is 5. The molecule has 3 unspecified atom stereocenters. The van der Waals surface area contributed by atoms with Gasteiger partial charge < -0.3 is 5.73 Å². The standard InChI is InChI=1S/C12H19N3O3/c1-6(2)14-12(3,11(13)18)5-15-9(16)7-4-8(7)10(15)17/h6-8,14H,4-5H2,1-3H3,(H2,13,18). The smallest absolute Gasteiger partial charge is 0.239 e. The molecule has 0 aromatic carbocycles. The summed E-state index contributed by atoms with van der Waals surface area (Å²) in [5, 5.41) is 3.03. The highest BCUT2D eigenvalue weighted by Crippen LogP contribution is 2.47. The molecule has 1 saturated carbocycles. The number of fused-ring (bicyclic) bond motifs is 1. The van der Waals surface area contributed by atoms with E-state index in [2.05, 4.69) is 5.32 Å². The molecule has 0 aromatic heterocycles. The first-order valence-corrected chi connectivity index (χ1v) is 6.19. The first-order valence-electron chi connectivity index (χ1n) is 6.19. The Labute approximate surface area is 106 Å². The Morgan fingerprint density at radius 3 is 2.33 bits per heavy atom. The Hall–Kier alpha value is -1.43. The number of carbonyl (C=O) groups excluding carboxylic acids is 3. The summed E-state index contributed by atoms with van der Waals surface area (Å²) in [7, 11) is 0. The number of piperidine rings is 1. The molecular weight excluding hydrogens is 234 g/mol. The molecule has 6 heteroatoms. The van der Waals surface area contributed by atoms with E-state index in [-0.39, 0.29) is 36.2 Å². The normalized spacial score (nSPS) is 29.4. The van der Waals surface area contributed by atoms with Gasteiger partial charge in [0, 0.05) is 6.04 Å². The zero-order chi connectivity index (χ0) is 13.7. The molecule has 2 fully saturated rings. The Morgan fingerprint density at radius 1 is 1.44 bits per heavy atom. The maximum atomic E-state index is 11.9. The Kier molecular flexibility index (Phi) is 2.93. The lowest BCUT2D eigenvalue weighted by Gasteiger charge is -2.33. The summed E-state index contributed by atoms with van der Waals surface area (Å²) >= 11 is 0. The van der Waals surface area contributed by atoms with Crippen molar-refractivity contribution in [2.75, 3.05) is 6.54 Å². The number of nitrogens with zero attached hydrogens (tertiary/aromatic N) is 1. The van der Waals surface area contributed by atoms with Crippen LogP contribution in [0.4, 0.5) is 0 Å². The number of nitrogens with one attached hydrogen (secondary N) is 1. The molecular formula is C12H19N3O3.